The monoisotopic (exact) mass is 395 g/mol. The summed E-state index contributed by atoms with van der Waals surface area (Å²) in [6, 6.07) is 1.36. The molecule has 2 amide bonds. The van der Waals surface area contributed by atoms with Crippen molar-refractivity contribution in [3.63, 3.8) is 0 Å². The van der Waals surface area contributed by atoms with Crippen LogP contribution < -0.4 is 10.1 Å². The number of β-amino-alcohol motifs (C(OH)–C–C–N with tert-alkyl or cyclic N) is 1. The molecule has 0 aromatic heterocycles. The molecule has 1 saturated heterocycles. The van der Waals surface area contributed by atoms with E-state index in [1.807, 2.05) is 0 Å². The number of aliphatic hydroxyl groups excluding tert-OH is 1. The fraction of sp³-hybridized carbons (Fsp3) is 0.471. The highest BCUT2D eigenvalue weighted by Crippen LogP contribution is 2.25. The molecule has 1 aromatic carbocycles. The number of nitro benzene ring substituents is 1. The maximum atomic E-state index is 12.5. The van der Waals surface area contributed by atoms with Crippen LogP contribution in [0.15, 0.2) is 18.2 Å². The molecule has 0 spiro atoms. The van der Waals surface area contributed by atoms with Gasteiger partial charge in [0.25, 0.3) is 5.69 Å². The standard InChI is InChI=1S/C17H21N3O8/c1-9(21)19-8-12(22)7-14(19)16(23)18-13(17(24)25)6-10-5-11(20(26)27)3-4-15(10)28-2/h3-5,12-14,22H,6-8H2,1-2H3,(H,18,23)(H,24,25)/t12-,13-,14+/m1/s1. The number of aliphatic carboxylic acids is 1. The Morgan fingerprint density at radius 3 is 2.64 bits per heavy atom. The number of rotatable bonds is 7. The number of nitro groups is 1. The van der Waals surface area contributed by atoms with Crippen LogP contribution >= 0.6 is 0 Å². The van der Waals surface area contributed by atoms with Crippen LogP contribution in [0.2, 0.25) is 0 Å². The van der Waals surface area contributed by atoms with Crippen LogP contribution in [0.1, 0.15) is 18.9 Å². The summed E-state index contributed by atoms with van der Waals surface area (Å²) in [5.41, 5.74) is -0.00721. The largest absolute Gasteiger partial charge is 0.496 e. The summed E-state index contributed by atoms with van der Waals surface area (Å²) in [4.78, 5) is 47.3. The van der Waals surface area contributed by atoms with Gasteiger partial charge in [0.05, 0.1) is 18.1 Å². The van der Waals surface area contributed by atoms with E-state index >= 15 is 0 Å². The molecule has 0 unspecified atom stereocenters. The lowest BCUT2D eigenvalue weighted by atomic mass is 10.0. The minimum Gasteiger partial charge on any atom is -0.496 e. The first kappa shape index (κ1) is 21.1. The van der Waals surface area contributed by atoms with Crippen LogP contribution in [0.3, 0.4) is 0 Å². The first-order chi connectivity index (χ1) is 13.1. The summed E-state index contributed by atoms with van der Waals surface area (Å²) in [6.07, 6.45) is -1.14. The second-order valence-corrected chi connectivity index (χ2v) is 6.43. The molecule has 3 atom stereocenters. The summed E-state index contributed by atoms with van der Waals surface area (Å²) >= 11 is 0. The van der Waals surface area contributed by atoms with Crippen LogP contribution in [0.5, 0.6) is 5.75 Å². The molecule has 0 saturated carbocycles. The van der Waals surface area contributed by atoms with E-state index < -0.39 is 40.9 Å². The highest BCUT2D eigenvalue weighted by molar-refractivity contribution is 5.90. The van der Waals surface area contributed by atoms with Crippen LogP contribution in [0.25, 0.3) is 0 Å². The normalized spacial score (nSPS) is 19.8. The number of carbonyl (C=O) groups excluding carboxylic acids is 2. The van der Waals surface area contributed by atoms with Crippen molar-refractivity contribution >= 4 is 23.5 Å². The third kappa shape index (κ3) is 4.74. The Balaban J connectivity index is 2.21. The number of amides is 2. The molecule has 1 heterocycles. The van der Waals surface area contributed by atoms with Gasteiger partial charge in [0.1, 0.15) is 17.8 Å². The maximum absolute atomic E-state index is 12.5. The van der Waals surface area contributed by atoms with Gasteiger partial charge in [0.2, 0.25) is 11.8 Å². The van der Waals surface area contributed by atoms with E-state index in [0.717, 1.165) is 0 Å². The number of non-ortho nitro benzene ring substituents is 1. The molecular formula is C17H21N3O8. The minimum absolute atomic E-state index is 0.00210. The quantitative estimate of drug-likeness (QED) is 0.419. The Hall–Kier alpha value is -3.21. The molecule has 28 heavy (non-hydrogen) atoms. The number of ether oxygens (including phenoxy) is 1. The lowest BCUT2D eigenvalue weighted by molar-refractivity contribution is -0.384. The molecule has 11 nitrogen and oxygen atoms in total. The molecular weight excluding hydrogens is 374 g/mol. The number of hydrogen-bond acceptors (Lipinski definition) is 7. The van der Waals surface area contributed by atoms with Crippen molar-refractivity contribution in [2.45, 2.75) is 38.0 Å². The van der Waals surface area contributed by atoms with Crippen molar-refractivity contribution in [1.82, 2.24) is 10.2 Å². The van der Waals surface area contributed by atoms with E-state index in [4.69, 9.17) is 4.74 Å². The van der Waals surface area contributed by atoms with Crippen LogP contribution in [-0.4, -0.2) is 69.7 Å². The minimum atomic E-state index is -1.41. The summed E-state index contributed by atoms with van der Waals surface area (Å²) in [5.74, 6) is -2.24. The number of hydrogen-bond donors (Lipinski definition) is 3. The predicted molar refractivity (Wildman–Crippen MR) is 94.7 cm³/mol. The van der Waals surface area contributed by atoms with Gasteiger partial charge in [-0.1, -0.05) is 0 Å². The van der Waals surface area contributed by atoms with Gasteiger partial charge in [0.15, 0.2) is 0 Å². The summed E-state index contributed by atoms with van der Waals surface area (Å²) in [5, 5.41) is 32.5. The fourth-order valence-corrected chi connectivity index (χ4v) is 3.14. The zero-order chi connectivity index (χ0) is 21.0. The van der Waals surface area contributed by atoms with Crippen molar-refractivity contribution in [3.05, 3.63) is 33.9 Å². The second-order valence-electron chi connectivity index (χ2n) is 6.43. The van der Waals surface area contributed by atoms with Crippen molar-refractivity contribution in [3.8, 4) is 5.75 Å². The number of benzene rings is 1. The zero-order valence-corrected chi connectivity index (χ0v) is 15.3. The average molecular weight is 395 g/mol. The summed E-state index contributed by atoms with van der Waals surface area (Å²) in [6.45, 7) is 1.24. The third-order valence-electron chi connectivity index (χ3n) is 4.50. The topological polar surface area (TPSA) is 159 Å². The van der Waals surface area contributed by atoms with E-state index in [9.17, 15) is 34.7 Å². The predicted octanol–water partition coefficient (Wildman–Crippen LogP) is -0.303. The van der Waals surface area contributed by atoms with E-state index in [-0.39, 0.29) is 36.4 Å². The fourth-order valence-electron chi connectivity index (χ4n) is 3.14. The van der Waals surface area contributed by atoms with E-state index in [1.165, 1.54) is 37.1 Å². The van der Waals surface area contributed by atoms with Crippen molar-refractivity contribution in [2.75, 3.05) is 13.7 Å². The molecule has 1 aliphatic rings. The third-order valence-corrected chi connectivity index (χ3v) is 4.50. The summed E-state index contributed by atoms with van der Waals surface area (Å²) < 4.78 is 5.11. The van der Waals surface area contributed by atoms with Crippen molar-refractivity contribution < 1.29 is 34.3 Å². The molecule has 152 valence electrons. The number of carboxylic acid groups (broad SMARTS) is 1. The number of aliphatic hydroxyl groups is 1. The van der Waals surface area contributed by atoms with Gasteiger partial charge in [-0.25, -0.2) is 4.79 Å². The van der Waals surface area contributed by atoms with Gasteiger partial charge in [-0.15, -0.1) is 0 Å². The Kier molecular flexibility index (Phi) is 6.52. The molecule has 1 aliphatic heterocycles. The smallest absolute Gasteiger partial charge is 0.326 e. The Labute approximate surface area is 160 Å². The average Bonchev–Trinajstić information content (AvgIpc) is 3.03. The van der Waals surface area contributed by atoms with Crippen LogP contribution in [0, 0.1) is 10.1 Å². The Morgan fingerprint density at radius 2 is 2.11 bits per heavy atom. The van der Waals surface area contributed by atoms with Gasteiger partial charge in [0, 0.05) is 44.0 Å². The molecule has 11 heteroatoms. The Bertz CT molecular complexity index is 797. The second kappa shape index (κ2) is 8.65. The number of carboxylic acids is 1. The van der Waals surface area contributed by atoms with Gasteiger partial charge in [-0.3, -0.25) is 19.7 Å². The molecule has 2 rings (SSSR count). The highest BCUT2D eigenvalue weighted by Gasteiger charge is 2.39. The van der Waals surface area contributed by atoms with Gasteiger partial charge in [-0.05, 0) is 6.07 Å². The number of nitrogens with one attached hydrogen (secondary N) is 1. The van der Waals surface area contributed by atoms with Gasteiger partial charge < -0.3 is 25.2 Å². The molecule has 1 aromatic rings. The zero-order valence-electron chi connectivity index (χ0n) is 15.3. The lowest BCUT2D eigenvalue weighted by Gasteiger charge is -2.24. The molecule has 0 radical (unpaired) electrons. The van der Waals surface area contributed by atoms with Crippen molar-refractivity contribution in [2.24, 2.45) is 0 Å². The molecule has 3 N–H and O–H groups in total. The van der Waals surface area contributed by atoms with E-state index in [2.05, 4.69) is 5.32 Å². The SMILES string of the molecule is COc1ccc([N+](=O)[O-])cc1C[C@@H](NC(=O)[C@@H]1C[C@@H](O)CN1C(C)=O)C(=O)O. The lowest BCUT2D eigenvalue weighted by Crippen LogP contribution is -2.51. The number of nitrogens with zero attached hydrogens (tertiary/aromatic N) is 2. The molecule has 0 aliphatic carbocycles. The highest BCUT2D eigenvalue weighted by atomic mass is 16.6. The van der Waals surface area contributed by atoms with Crippen molar-refractivity contribution in [1.29, 1.82) is 0 Å². The number of carbonyl (C=O) groups is 3. The van der Waals surface area contributed by atoms with E-state index in [1.54, 1.807) is 0 Å². The maximum Gasteiger partial charge on any atom is 0.326 e. The molecule has 0 bridgehead atoms. The van der Waals surface area contributed by atoms with Gasteiger partial charge in [-0.2, -0.15) is 0 Å². The van der Waals surface area contributed by atoms with E-state index in [0.29, 0.717) is 0 Å². The first-order valence-corrected chi connectivity index (χ1v) is 8.43. The van der Waals surface area contributed by atoms with Crippen LogP contribution in [-0.2, 0) is 20.8 Å². The van der Waals surface area contributed by atoms with Gasteiger partial charge >= 0.3 is 5.97 Å². The molecule has 1 fully saturated rings. The number of methoxy groups -OCH3 is 1. The summed E-state index contributed by atoms with van der Waals surface area (Å²) in [7, 11) is 1.34. The Morgan fingerprint density at radius 1 is 1.43 bits per heavy atom. The van der Waals surface area contributed by atoms with Crippen LogP contribution in [0.4, 0.5) is 5.69 Å². The number of likely N-dealkylation sites (tertiary alicyclic amines) is 1. The first-order valence-electron chi connectivity index (χ1n) is 8.43.